The Morgan fingerprint density at radius 2 is 1.84 bits per heavy atom. The second kappa shape index (κ2) is 4.07. The number of nitrogens with two attached hydrogens (primary N) is 1. The minimum atomic E-state index is 0.205. The molecule has 0 spiro atoms. The Balaban J connectivity index is 1.53. The molecule has 2 saturated carbocycles. The zero-order valence-electron chi connectivity index (χ0n) is 11.6. The van der Waals surface area contributed by atoms with Gasteiger partial charge in [0.15, 0.2) is 0 Å². The van der Waals surface area contributed by atoms with E-state index in [1.54, 1.807) is 0 Å². The maximum atomic E-state index is 6.60. The highest BCUT2D eigenvalue weighted by molar-refractivity contribution is 5.24. The Labute approximate surface area is 116 Å². The zero-order valence-corrected chi connectivity index (χ0v) is 11.6. The molecule has 1 aliphatic heterocycles. The summed E-state index contributed by atoms with van der Waals surface area (Å²) in [6.07, 6.45) is 8.01. The lowest BCUT2D eigenvalue weighted by molar-refractivity contribution is 0.138. The van der Waals surface area contributed by atoms with Gasteiger partial charge in [-0.25, -0.2) is 0 Å². The summed E-state index contributed by atoms with van der Waals surface area (Å²) in [7, 11) is 0. The Morgan fingerprint density at radius 3 is 2.47 bits per heavy atom. The summed E-state index contributed by atoms with van der Waals surface area (Å²) in [5.41, 5.74) is 8.74. The van der Waals surface area contributed by atoms with E-state index >= 15 is 0 Å². The number of rotatable bonds is 4. The molecule has 3 fully saturated rings. The van der Waals surface area contributed by atoms with Gasteiger partial charge in [-0.15, -0.1) is 0 Å². The predicted octanol–water partition coefficient (Wildman–Crippen LogP) is 2.92. The van der Waals surface area contributed by atoms with Crippen molar-refractivity contribution in [1.82, 2.24) is 4.90 Å². The van der Waals surface area contributed by atoms with Gasteiger partial charge in [-0.05, 0) is 50.6 Å². The van der Waals surface area contributed by atoms with E-state index in [1.807, 2.05) is 0 Å². The van der Waals surface area contributed by atoms with Gasteiger partial charge in [0.2, 0.25) is 0 Å². The van der Waals surface area contributed by atoms with Crippen LogP contribution in [0.25, 0.3) is 0 Å². The molecule has 0 amide bonds. The number of hydrogen-bond acceptors (Lipinski definition) is 2. The molecule has 1 aromatic rings. The van der Waals surface area contributed by atoms with Crippen LogP contribution in [0.15, 0.2) is 30.3 Å². The van der Waals surface area contributed by atoms with Crippen molar-refractivity contribution in [2.24, 2.45) is 11.1 Å². The van der Waals surface area contributed by atoms with Crippen LogP contribution in [-0.4, -0.2) is 23.0 Å². The minimum Gasteiger partial charge on any atom is -0.325 e. The molecule has 0 radical (unpaired) electrons. The van der Waals surface area contributed by atoms with E-state index in [4.69, 9.17) is 5.73 Å². The molecule has 3 aliphatic rings. The third kappa shape index (κ3) is 1.85. The molecule has 1 atom stereocenters. The monoisotopic (exact) mass is 256 g/mol. The standard InChI is InChI=1S/C17H24N2/c18-17(10-11-17)16(8-9-16)15-7-4-12-19(15)13-14-5-2-1-3-6-14/h1-3,5-6,15H,4,7-13,18H2. The van der Waals surface area contributed by atoms with Gasteiger partial charge in [-0.2, -0.15) is 0 Å². The fourth-order valence-corrected chi connectivity index (χ4v) is 4.39. The Hall–Kier alpha value is -0.860. The molecular formula is C17H24N2. The second-order valence-corrected chi connectivity index (χ2v) is 6.93. The summed E-state index contributed by atoms with van der Waals surface area (Å²) in [5, 5.41) is 0. The lowest BCUT2D eigenvalue weighted by Gasteiger charge is -2.36. The van der Waals surface area contributed by atoms with Gasteiger partial charge in [0.1, 0.15) is 0 Å². The first-order valence-electron chi connectivity index (χ1n) is 7.80. The van der Waals surface area contributed by atoms with Crippen molar-refractivity contribution in [1.29, 1.82) is 0 Å². The molecule has 1 unspecified atom stereocenters. The molecule has 0 bridgehead atoms. The third-order valence-corrected chi connectivity index (χ3v) is 5.80. The number of hydrogen-bond donors (Lipinski definition) is 1. The van der Waals surface area contributed by atoms with Crippen molar-refractivity contribution < 1.29 is 0 Å². The van der Waals surface area contributed by atoms with Crippen LogP contribution in [0.5, 0.6) is 0 Å². The topological polar surface area (TPSA) is 29.3 Å². The van der Waals surface area contributed by atoms with Crippen molar-refractivity contribution >= 4 is 0 Å². The number of benzene rings is 1. The average molecular weight is 256 g/mol. The first kappa shape index (κ1) is 11.9. The molecule has 2 heteroatoms. The normalized spacial score (nSPS) is 31.3. The molecule has 2 nitrogen and oxygen atoms in total. The van der Waals surface area contributed by atoms with Gasteiger partial charge in [0.05, 0.1) is 0 Å². The van der Waals surface area contributed by atoms with E-state index in [9.17, 15) is 0 Å². The predicted molar refractivity (Wildman–Crippen MR) is 77.7 cm³/mol. The number of likely N-dealkylation sites (tertiary alicyclic amines) is 1. The second-order valence-electron chi connectivity index (χ2n) is 6.93. The van der Waals surface area contributed by atoms with Crippen molar-refractivity contribution in [2.75, 3.05) is 6.54 Å². The van der Waals surface area contributed by atoms with Crippen LogP contribution < -0.4 is 5.73 Å². The molecule has 1 aromatic carbocycles. The Bertz CT molecular complexity index is 459. The Kier molecular flexibility index (Phi) is 2.55. The highest BCUT2D eigenvalue weighted by Gasteiger charge is 2.67. The summed E-state index contributed by atoms with van der Waals surface area (Å²) in [6.45, 7) is 2.38. The van der Waals surface area contributed by atoms with Gasteiger partial charge >= 0.3 is 0 Å². The molecule has 2 aliphatic carbocycles. The molecule has 4 rings (SSSR count). The fourth-order valence-electron chi connectivity index (χ4n) is 4.39. The van der Waals surface area contributed by atoms with Crippen LogP contribution in [-0.2, 0) is 6.54 Å². The van der Waals surface area contributed by atoms with Gasteiger partial charge < -0.3 is 5.73 Å². The zero-order chi connectivity index (χ0) is 12.9. The first-order valence-corrected chi connectivity index (χ1v) is 7.80. The first-order chi connectivity index (χ1) is 9.24. The summed E-state index contributed by atoms with van der Waals surface area (Å²) >= 11 is 0. The molecule has 102 valence electrons. The van der Waals surface area contributed by atoms with E-state index in [0.717, 1.165) is 12.6 Å². The lowest BCUT2D eigenvalue weighted by Crippen LogP contribution is -2.47. The maximum Gasteiger partial charge on any atom is 0.0236 e. The van der Waals surface area contributed by atoms with E-state index < -0.39 is 0 Å². The van der Waals surface area contributed by atoms with Gasteiger partial charge in [0.25, 0.3) is 0 Å². The van der Waals surface area contributed by atoms with Crippen LogP contribution in [0.1, 0.15) is 44.1 Å². The van der Waals surface area contributed by atoms with E-state index in [1.165, 1.54) is 50.6 Å². The molecule has 1 saturated heterocycles. The van der Waals surface area contributed by atoms with Gasteiger partial charge in [0, 0.05) is 23.5 Å². The molecule has 1 heterocycles. The summed E-state index contributed by atoms with van der Waals surface area (Å²) in [5.74, 6) is 0. The smallest absolute Gasteiger partial charge is 0.0236 e. The van der Waals surface area contributed by atoms with E-state index in [0.29, 0.717) is 5.41 Å². The quantitative estimate of drug-likeness (QED) is 0.897. The van der Waals surface area contributed by atoms with Crippen molar-refractivity contribution in [2.45, 2.75) is 56.7 Å². The molecular weight excluding hydrogens is 232 g/mol. The maximum absolute atomic E-state index is 6.60. The summed E-state index contributed by atoms with van der Waals surface area (Å²) in [4.78, 5) is 2.72. The lowest BCUT2D eigenvalue weighted by atomic mass is 9.84. The largest absolute Gasteiger partial charge is 0.325 e. The van der Waals surface area contributed by atoms with Crippen molar-refractivity contribution in [3.63, 3.8) is 0 Å². The highest BCUT2D eigenvalue weighted by atomic mass is 15.2. The third-order valence-electron chi connectivity index (χ3n) is 5.80. The Morgan fingerprint density at radius 1 is 1.11 bits per heavy atom. The molecule has 0 aromatic heterocycles. The van der Waals surface area contributed by atoms with Gasteiger partial charge in [-0.1, -0.05) is 30.3 Å². The van der Waals surface area contributed by atoms with Crippen LogP contribution in [0.2, 0.25) is 0 Å². The van der Waals surface area contributed by atoms with E-state index in [2.05, 4.69) is 35.2 Å². The van der Waals surface area contributed by atoms with Crippen LogP contribution in [0.3, 0.4) is 0 Å². The summed E-state index contributed by atoms with van der Waals surface area (Å²) < 4.78 is 0. The fraction of sp³-hybridized carbons (Fsp3) is 0.647. The highest BCUT2D eigenvalue weighted by Crippen LogP contribution is 2.66. The van der Waals surface area contributed by atoms with Gasteiger partial charge in [-0.3, -0.25) is 4.90 Å². The van der Waals surface area contributed by atoms with Crippen molar-refractivity contribution in [3.05, 3.63) is 35.9 Å². The number of nitrogens with zero attached hydrogens (tertiary/aromatic N) is 1. The van der Waals surface area contributed by atoms with Crippen LogP contribution in [0.4, 0.5) is 0 Å². The minimum absolute atomic E-state index is 0.205. The average Bonchev–Trinajstić information content (AvgIpc) is 3.33. The van der Waals surface area contributed by atoms with Crippen LogP contribution >= 0.6 is 0 Å². The van der Waals surface area contributed by atoms with E-state index in [-0.39, 0.29) is 5.54 Å². The summed E-state index contributed by atoms with van der Waals surface area (Å²) in [6, 6.07) is 11.7. The SMILES string of the molecule is NC1(C2(C3CCCN3Cc3ccccc3)CC2)CC1. The van der Waals surface area contributed by atoms with Crippen molar-refractivity contribution in [3.8, 4) is 0 Å². The van der Waals surface area contributed by atoms with Crippen LogP contribution in [0, 0.1) is 5.41 Å². The molecule has 2 N–H and O–H groups in total. The molecule has 19 heavy (non-hydrogen) atoms.